The Kier molecular flexibility index (Phi) is 5.13. The molecule has 4 heteroatoms. The molecule has 1 aliphatic rings. The highest BCUT2D eigenvalue weighted by atomic mass is 16.3. The van der Waals surface area contributed by atoms with Gasteiger partial charge in [0.25, 0.3) is 0 Å². The topological polar surface area (TPSA) is 55.7 Å². The summed E-state index contributed by atoms with van der Waals surface area (Å²) in [6.07, 6.45) is 0.681. The van der Waals surface area contributed by atoms with E-state index in [1.807, 2.05) is 18.2 Å². The molecule has 2 atom stereocenters. The number of nitrogens with zero attached hydrogens (tertiary/aromatic N) is 1. The van der Waals surface area contributed by atoms with Gasteiger partial charge in [0.15, 0.2) is 0 Å². The van der Waals surface area contributed by atoms with Crippen LogP contribution in [0.4, 0.5) is 0 Å². The third-order valence-electron chi connectivity index (χ3n) is 3.39. The molecule has 1 aromatic rings. The van der Waals surface area contributed by atoms with Crippen LogP contribution in [0.1, 0.15) is 18.0 Å². The van der Waals surface area contributed by atoms with Crippen molar-refractivity contribution in [2.24, 2.45) is 0 Å². The Hall–Kier alpha value is -0.940. The lowest BCUT2D eigenvalue weighted by molar-refractivity contribution is 0.171. The van der Waals surface area contributed by atoms with Crippen LogP contribution >= 0.6 is 0 Å². The van der Waals surface area contributed by atoms with Crippen LogP contribution in [-0.4, -0.2) is 54.0 Å². The second-order valence-corrected chi connectivity index (χ2v) is 4.84. The largest absolute Gasteiger partial charge is 0.395 e. The van der Waals surface area contributed by atoms with Crippen molar-refractivity contribution >= 4 is 0 Å². The highest BCUT2D eigenvalue weighted by molar-refractivity contribution is 5.19. The molecule has 18 heavy (non-hydrogen) atoms. The molecule has 1 heterocycles. The number of hydrogen-bond acceptors (Lipinski definition) is 4. The van der Waals surface area contributed by atoms with Crippen molar-refractivity contribution in [2.75, 3.05) is 32.8 Å². The lowest BCUT2D eigenvalue weighted by Gasteiger charge is -2.24. The van der Waals surface area contributed by atoms with E-state index < -0.39 is 0 Å². The molecular formula is C14H22N2O2. The number of aliphatic hydroxyl groups excluding tert-OH is 2. The van der Waals surface area contributed by atoms with Crippen molar-refractivity contribution in [3.05, 3.63) is 35.9 Å². The minimum Gasteiger partial charge on any atom is -0.395 e. The number of aliphatic hydroxyl groups is 2. The smallest absolute Gasteiger partial charge is 0.0679 e. The molecule has 4 nitrogen and oxygen atoms in total. The SMILES string of the molecule is OCCNC(CN1CCC(O)C1)c1ccccc1. The third-order valence-corrected chi connectivity index (χ3v) is 3.39. The highest BCUT2D eigenvalue weighted by Gasteiger charge is 2.23. The quantitative estimate of drug-likeness (QED) is 0.683. The fraction of sp³-hybridized carbons (Fsp3) is 0.571. The Labute approximate surface area is 108 Å². The fourth-order valence-electron chi connectivity index (χ4n) is 2.45. The molecule has 3 N–H and O–H groups in total. The summed E-state index contributed by atoms with van der Waals surface area (Å²) in [4.78, 5) is 2.27. The van der Waals surface area contributed by atoms with Gasteiger partial charge in [0.1, 0.15) is 0 Å². The van der Waals surface area contributed by atoms with Gasteiger partial charge in [-0.1, -0.05) is 30.3 Å². The highest BCUT2D eigenvalue weighted by Crippen LogP contribution is 2.17. The van der Waals surface area contributed by atoms with Crippen LogP contribution < -0.4 is 5.32 Å². The zero-order valence-corrected chi connectivity index (χ0v) is 10.6. The molecule has 100 valence electrons. The molecular weight excluding hydrogens is 228 g/mol. The van der Waals surface area contributed by atoms with Gasteiger partial charge in [-0.2, -0.15) is 0 Å². The lowest BCUT2D eigenvalue weighted by Crippen LogP contribution is -2.35. The Bertz CT molecular complexity index is 345. The Morgan fingerprint density at radius 2 is 2.11 bits per heavy atom. The van der Waals surface area contributed by atoms with Crippen molar-refractivity contribution < 1.29 is 10.2 Å². The molecule has 0 aliphatic carbocycles. The number of likely N-dealkylation sites (tertiary alicyclic amines) is 1. The molecule has 1 aromatic carbocycles. The normalized spacial score (nSPS) is 22.2. The third kappa shape index (κ3) is 3.78. The first kappa shape index (κ1) is 13.5. The van der Waals surface area contributed by atoms with Gasteiger partial charge in [-0.05, 0) is 12.0 Å². The van der Waals surface area contributed by atoms with E-state index in [4.69, 9.17) is 5.11 Å². The summed E-state index contributed by atoms with van der Waals surface area (Å²) >= 11 is 0. The Morgan fingerprint density at radius 1 is 1.33 bits per heavy atom. The summed E-state index contributed by atoms with van der Waals surface area (Å²) in [5.74, 6) is 0. The maximum atomic E-state index is 9.56. The van der Waals surface area contributed by atoms with E-state index in [1.54, 1.807) is 0 Å². The number of hydrogen-bond donors (Lipinski definition) is 3. The predicted octanol–water partition coefficient (Wildman–Crippen LogP) is 0.376. The molecule has 1 saturated heterocycles. The van der Waals surface area contributed by atoms with Crippen molar-refractivity contribution in [3.8, 4) is 0 Å². The second kappa shape index (κ2) is 6.85. The molecule has 1 fully saturated rings. The van der Waals surface area contributed by atoms with Crippen LogP contribution in [0.2, 0.25) is 0 Å². The van der Waals surface area contributed by atoms with Gasteiger partial charge in [0.05, 0.1) is 12.7 Å². The lowest BCUT2D eigenvalue weighted by atomic mass is 10.1. The summed E-state index contributed by atoms with van der Waals surface area (Å²) < 4.78 is 0. The van der Waals surface area contributed by atoms with E-state index in [-0.39, 0.29) is 18.8 Å². The van der Waals surface area contributed by atoms with Crippen LogP contribution in [0.15, 0.2) is 30.3 Å². The van der Waals surface area contributed by atoms with Gasteiger partial charge in [-0.25, -0.2) is 0 Å². The zero-order valence-electron chi connectivity index (χ0n) is 10.6. The first-order valence-corrected chi connectivity index (χ1v) is 6.59. The Balaban J connectivity index is 1.96. The average Bonchev–Trinajstić information content (AvgIpc) is 2.81. The van der Waals surface area contributed by atoms with Gasteiger partial charge in [-0.3, -0.25) is 4.90 Å². The van der Waals surface area contributed by atoms with E-state index in [2.05, 4.69) is 22.3 Å². The van der Waals surface area contributed by atoms with Crippen LogP contribution in [0.5, 0.6) is 0 Å². The first-order valence-electron chi connectivity index (χ1n) is 6.59. The minimum absolute atomic E-state index is 0.145. The number of rotatable bonds is 6. The summed E-state index contributed by atoms with van der Waals surface area (Å²) in [5, 5.41) is 21.9. The summed E-state index contributed by atoms with van der Waals surface area (Å²) in [7, 11) is 0. The van der Waals surface area contributed by atoms with E-state index >= 15 is 0 Å². The number of benzene rings is 1. The molecule has 0 bridgehead atoms. The average molecular weight is 250 g/mol. The summed E-state index contributed by atoms with van der Waals surface area (Å²) in [5.41, 5.74) is 1.23. The monoisotopic (exact) mass is 250 g/mol. The summed E-state index contributed by atoms with van der Waals surface area (Å²) in [6, 6.07) is 10.5. The van der Waals surface area contributed by atoms with E-state index in [1.165, 1.54) is 5.56 Å². The van der Waals surface area contributed by atoms with Crippen LogP contribution in [0, 0.1) is 0 Å². The molecule has 0 saturated carbocycles. The summed E-state index contributed by atoms with van der Waals surface area (Å²) in [6.45, 7) is 3.32. The van der Waals surface area contributed by atoms with Gasteiger partial charge < -0.3 is 15.5 Å². The van der Waals surface area contributed by atoms with E-state index in [9.17, 15) is 5.11 Å². The maximum Gasteiger partial charge on any atom is 0.0679 e. The molecule has 0 radical (unpaired) electrons. The minimum atomic E-state index is -0.181. The number of nitrogens with one attached hydrogen (secondary N) is 1. The Morgan fingerprint density at radius 3 is 2.72 bits per heavy atom. The molecule has 1 aliphatic heterocycles. The van der Waals surface area contributed by atoms with Gasteiger partial charge in [0, 0.05) is 32.2 Å². The van der Waals surface area contributed by atoms with Gasteiger partial charge in [0.2, 0.25) is 0 Å². The molecule has 0 aromatic heterocycles. The van der Waals surface area contributed by atoms with Crippen molar-refractivity contribution in [2.45, 2.75) is 18.6 Å². The second-order valence-electron chi connectivity index (χ2n) is 4.84. The molecule has 0 amide bonds. The van der Waals surface area contributed by atoms with Crippen molar-refractivity contribution in [3.63, 3.8) is 0 Å². The van der Waals surface area contributed by atoms with Crippen LogP contribution in [-0.2, 0) is 0 Å². The van der Waals surface area contributed by atoms with E-state index in [0.717, 1.165) is 26.1 Å². The predicted molar refractivity (Wildman–Crippen MR) is 71.3 cm³/mol. The van der Waals surface area contributed by atoms with Crippen molar-refractivity contribution in [1.82, 2.24) is 10.2 Å². The van der Waals surface area contributed by atoms with Crippen molar-refractivity contribution in [1.29, 1.82) is 0 Å². The van der Waals surface area contributed by atoms with E-state index in [0.29, 0.717) is 6.54 Å². The maximum absolute atomic E-state index is 9.56. The zero-order chi connectivity index (χ0) is 12.8. The molecule has 2 unspecified atom stereocenters. The number of β-amino-alcohol motifs (C(OH)–C–C–N with tert-alkyl or cyclic N) is 1. The van der Waals surface area contributed by atoms with Crippen LogP contribution in [0.25, 0.3) is 0 Å². The fourth-order valence-corrected chi connectivity index (χ4v) is 2.45. The molecule has 0 spiro atoms. The van der Waals surface area contributed by atoms with Gasteiger partial charge in [-0.15, -0.1) is 0 Å². The standard InChI is InChI=1S/C14H22N2O2/c17-9-7-15-14(12-4-2-1-3-5-12)11-16-8-6-13(18)10-16/h1-5,13-15,17-18H,6-11H2. The van der Waals surface area contributed by atoms with Gasteiger partial charge >= 0.3 is 0 Å². The van der Waals surface area contributed by atoms with Crippen LogP contribution in [0.3, 0.4) is 0 Å². The first-order chi connectivity index (χ1) is 8.79. The molecule has 2 rings (SSSR count).